The second-order valence-electron chi connectivity index (χ2n) is 8.89. The lowest BCUT2D eigenvalue weighted by atomic mass is 9.61. The zero-order valence-corrected chi connectivity index (χ0v) is 18.6. The standard InChI is InChI=1S/C23H31F2N3O4/c1-30-10-3-11-32-17-5-4-15-13-22(8-6-16(31-2)7-9-22)23(18(15)12-17)20(29)28(14-19(24)25)21(26)27-23/h4-5,12,16,19H,3,6-11,13-14H2,1-2H3,(H2,26,27). The van der Waals surface area contributed by atoms with Crippen molar-refractivity contribution in [3.05, 3.63) is 29.3 Å². The van der Waals surface area contributed by atoms with Crippen molar-refractivity contribution in [2.24, 2.45) is 16.1 Å². The van der Waals surface area contributed by atoms with Crippen LogP contribution in [0.3, 0.4) is 0 Å². The minimum Gasteiger partial charge on any atom is -0.493 e. The molecular weight excluding hydrogens is 420 g/mol. The van der Waals surface area contributed by atoms with E-state index in [1.165, 1.54) is 0 Å². The number of hydrogen-bond acceptors (Lipinski definition) is 6. The third kappa shape index (κ3) is 3.65. The highest BCUT2D eigenvalue weighted by atomic mass is 19.3. The second-order valence-corrected chi connectivity index (χ2v) is 8.89. The maximum atomic E-state index is 13.8. The van der Waals surface area contributed by atoms with E-state index in [-0.39, 0.29) is 12.1 Å². The van der Waals surface area contributed by atoms with E-state index in [1.54, 1.807) is 14.2 Å². The number of guanidine groups is 1. The first kappa shape index (κ1) is 22.9. The molecule has 2 aliphatic carbocycles. The van der Waals surface area contributed by atoms with Crippen molar-refractivity contribution >= 4 is 11.9 Å². The average molecular weight is 452 g/mol. The number of aliphatic imine (C=N–C) groups is 1. The number of fused-ring (bicyclic) bond motifs is 3. The second kappa shape index (κ2) is 8.94. The molecule has 4 rings (SSSR count). The fourth-order valence-electron chi connectivity index (χ4n) is 5.64. The topological polar surface area (TPSA) is 86.4 Å². The number of benzene rings is 1. The van der Waals surface area contributed by atoms with E-state index < -0.39 is 29.8 Å². The van der Waals surface area contributed by atoms with Crippen LogP contribution in [0, 0.1) is 5.41 Å². The molecule has 9 heteroatoms. The summed E-state index contributed by atoms with van der Waals surface area (Å²) in [5, 5.41) is 0. The molecular formula is C23H31F2N3O4. The third-order valence-corrected chi connectivity index (χ3v) is 7.19. The molecule has 0 bridgehead atoms. The first-order valence-electron chi connectivity index (χ1n) is 11.1. The van der Waals surface area contributed by atoms with Crippen molar-refractivity contribution in [1.82, 2.24) is 4.90 Å². The molecule has 176 valence electrons. The molecule has 1 aliphatic heterocycles. The van der Waals surface area contributed by atoms with Crippen molar-refractivity contribution in [2.75, 3.05) is 34.0 Å². The Labute approximate surface area is 186 Å². The van der Waals surface area contributed by atoms with E-state index in [1.807, 2.05) is 18.2 Å². The van der Waals surface area contributed by atoms with Gasteiger partial charge in [-0.15, -0.1) is 0 Å². The van der Waals surface area contributed by atoms with Crippen molar-refractivity contribution in [3.63, 3.8) is 0 Å². The molecule has 1 aromatic rings. The number of alkyl halides is 2. The normalized spacial score (nSPS) is 29.3. The largest absolute Gasteiger partial charge is 0.493 e. The molecule has 1 saturated carbocycles. The van der Waals surface area contributed by atoms with E-state index in [0.717, 1.165) is 35.3 Å². The predicted octanol–water partition coefficient (Wildman–Crippen LogP) is 2.85. The van der Waals surface area contributed by atoms with Crippen LogP contribution >= 0.6 is 0 Å². The number of carbonyl (C=O) groups excluding carboxylic acids is 1. The Morgan fingerprint density at radius 2 is 2.00 bits per heavy atom. The quantitative estimate of drug-likeness (QED) is 0.615. The minimum atomic E-state index is -2.70. The lowest BCUT2D eigenvalue weighted by Gasteiger charge is -2.45. The number of ether oxygens (including phenoxy) is 3. The average Bonchev–Trinajstić information content (AvgIpc) is 3.18. The van der Waals surface area contributed by atoms with E-state index in [2.05, 4.69) is 4.99 Å². The summed E-state index contributed by atoms with van der Waals surface area (Å²) in [6.45, 7) is 0.299. The molecule has 3 aliphatic rings. The number of hydrogen-bond donors (Lipinski definition) is 1. The zero-order chi connectivity index (χ0) is 22.9. The van der Waals surface area contributed by atoms with Gasteiger partial charge in [0.05, 0.1) is 19.3 Å². The maximum Gasteiger partial charge on any atom is 0.262 e. The van der Waals surface area contributed by atoms with Crippen LogP contribution in [-0.4, -0.2) is 63.3 Å². The molecule has 7 nitrogen and oxygen atoms in total. The van der Waals surface area contributed by atoms with Crippen LogP contribution in [0.4, 0.5) is 8.78 Å². The van der Waals surface area contributed by atoms with Gasteiger partial charge in [-0.3, -0.25) is 9.69 Å². The summed E-state index contributed by atoms with van der Waals surface area (Å²) < 4.78 is 43.0. The van der Waals surface area contributed by atoms with Gasteiger partial charge >= 0.3 is 0 Å². The lowest BCUT2D eigenvalue weighted by Crippen LogP contribution is -2.52. The van der Waals surface area contributed by atoms with Crippen molar-refractivity contribution in [1.29, 1.82) is 0 Å². The van der Waals surface area contributed by atoms with E-state index in [0.29, 0.717) is 38.2 Å². The van der Waals surface area contributed by atoms with Crippen LogP contribution in [0.5, 0.6) is 5.75 Å². The maximum absolute atomic E-state index is 13.8. The zero-order valence-electron chi connectivity index (χ0n) is 18.6. The summed E-state index contributed by atoms with van der Waals surface area (Å²) in [7, 11) is 3.33. The monoisotopic (exact) mass is 451 g/mol. The molecule has 0 saturated heterocycles. The minimum absolute atomic E-state index is 0.121. The summed E-state index contributed by atoms with van der Waals surface area (Å²) in [4.78, 5) is 19.4. The summed E-state index contributed by atoms with van der Waals surface area (Å²) >= 11 is 0. The molecule has 1 heterocycles. The number of methoxy groups -OCH3 is 2. The Kier molecular flexibility index (Phi) is 6.40. The van der Waals surface area contributed by atoms with E-state index in [4.69, 9.17) is 19.9 Å². The number of rotatable bonds is 8. The van der Waals surface area contributed by atoms with Crippen LogP contribution in [0.25, 0.3) is 0 Å². The van der Waals surface area contributed by atoms with Gasteiger partial charge < -0.3 is 19.9 Å². The van der Waals surface area contributed by atoms with Gasteiger partial charge in [0, 0.05) is 32.7 Å². The Morgan fingerprint density at radius 1 is 1.25 bits per heavy atom. The fourth-order valence-corrected chi connectivity index (χ4v) is 5.64. The third-order valence-electron chi connectivity index (χ3n) is 7.19. The first-order valence-corrected chi connectivity index (χ1v) is 11.1. The van der Waals surface area contributed by atoms with Gasteiger partial charge in [0.25, 0.3) is 12.3 Å². The summed E-state index contributed by atoms with van der Waals surface area (Å²) in [5.41, 5.74) is 5.98. The van der Waals surface area contributed by atoms with Gasteiger partial charge in [-0.25, -0.2) is 13.8 Å². The Bertz CT molecular complexity index is 886. The van der Waals surface area contributed by atoms with Gasteiger partial charge in [-0.05, 0) is 55.4 Å². The number of amides is 1. The van der Waals surface area contributed by atoms with E-state index in [9.17, 15) is 13.6 Å². The number of nitrogens with zero attached hydrogens (tertiary/aromatic N) is 2. The molecule has 0 aromatic heterocycles. The fraction of sp³-hybridized carbons (Fsp3) is 0.652. The predicted molar refractivity (Wildman–Crippen MR) is 115 cm³/mol. The molecule has 1 unspecified atom stereocenters. The number of nitrogens with two attached hydrogens (primary N) is 1. The molecule has 0 radical (unpaired) electrons. The molecule has 32 heavy (non-hydrogen) atoms. The van der Waals surface area contributed by atoms with Crippen molar-refractivity contribution in [2.45, 2.75) is 56.6 Å². The summed E-state index contributed by atoms with van der Waals surface area (Å²) in [6.07, 6.45) is 1.77. The van der Waals surface area contributed by atoms with Gasteiger partial charge in [-0.1, -0.05) is 6.07 Å². The highest BCUT2D eigenvalue weighted by Gasteiger charge is 2.66. The summed E-state index contributed by atoms with van der Waals surface area (Å²) in [6, 6.07) is 5.71. The Balaban J connectivity index is 1.73. The molecule has 1 atom stereocenters. The smallest absolute Gasteiger partial charge is 0.262 e. The molecule has 2 N–H and O–H groups in total. The van der Waals surface area contributed by atoms with Crippen LogP contribution in [0.2, 0.25) is 0 Å². The Hall–Kier alpha value is -2.26. The van der Waals surface area contributed by atoms with Gasteiger partial charge in [0.1, 0.15) is 5.75 Å². The molecule has 2 spiro atoms. The number of carbonyl (C=O) groups is 1. The van der Waals surface area contributed by atoms with Crippen molar-refractivity contribution in [3.8, 4) is 5.75 Å². The van der Waals surface area contributed by atoms with Crippen LogP contribution < -0.4 is 10.5 Å². The van der Waals surface area contributed by atoms with Gasteiger partial charge in [-0.2, -0.15) is 0 Å². The Morgan fingerprint density at radius 3 is 2.66 bits per heavy atom. The number of halogens is 2. The first-order chi connectivity index (χ1) is 15.4. The van der Waals surface area contributed by atoms with Gasteiger partial charge in [0.2, 0.25) is 0 Å². The SMILES string of the molecule is COCCCOc1ccc2c(c1)C1(N=C(N)N(CC(F)F)C1=O)C1(CCC(OC)CC1)C2. The highest BCUT2D eigenvalue weighted by molar-refractivity contribution is 6.08. The molecule has 1 aromatic carbocycles. The molecule has 1 amide bonds. The lowest BCUT2D eigenvalue weighted by molar-refractivity contribution is -0.139. The summed E-state index contributed by atoms with van der Waals surface area (Å²) in [5.74, 6) is 0.0278. The van der Waals surface area contributed by atoms with Crippen molar-refractivity contribution < 1.29 is 27.8 Å². The van der Waals surface area contributed by atoms with Gasteiger partial charge in [0.15, 0.2) is 11.5 Å². The van der Waals surface area contributed by atoms with E-state index >= 15 is 0 Å². The highest BCUT2D eigenvalue weighted by Crippen LogP contribution is 2.62. The molecule has 1 fully saturated rings. The van der Waals surface area contributed by atoms with Crippen LogP contribution in [0.15, 0.2) is 23.2 Å². The van der Waals surface area contributed by atoms with Crippen LogP contribution in [0.1, 0.15) is 43.2 Å². The van der Waals surface area contributed by atoms with Crippen LogP contribution in [-0.2, 0) is 26.2 Å².